The number of aliphatic hydroxyl groups excluding tert-OH is 1. The summed E-state index contributed by atoms with van der Waals surface area (Å²) in [5.74, 6) is 0.864. The van der Waals surface area contributed by atoms with Gasteiger partial charge in [0.15, 0.2) is 0 Å². The van der Waals surface area contributed by atoms with Crippen molar-refractivity contribution in [1.82, 2.24) is 5.32 Å². The number of rotatable bonds is 10. The molecule has 0 aliphatic heterocycles. The topological polar surface area (TPSA) is 50.7 Å². The van der Waals surface area contributed by atoms with Crippen molar-refractivity contribution >= 4 is 0 Å². The largest absolute Gasteiger partial charge is 0.389 e. The number of hydrogen-bond acceptors (Lipinski definition) is 4. The molecule has 0 radical (unpaired) electrons. The molecule has 0 spiro atoms. The van der Waals surface area contributed by atoms with E-state index < -0.39 is 6.10 Å². The molecule has 20 heavy (non-hydrogen) atoms. The van der Waals surface area contributed by atoms with Gasteiger partial charge in [0.2, 0.25) is 0 Å². The second kappa shape index (κ2) is 10.6. The fourth-order valence-corrected chi connectivity index (χ4v) is 2.77. The molecule has 0 aromatic heterocycles. The molecule has 1 aliphatic carbocycles. The van der Waals surface area contributed by atoms with E-state index in [1.807, 2.05) is 13.8 Å². The maximum absolute atomic E-state index is 9.88. The van der Waals surface area contributed by atoms with E-state index in [0.717, 1.165) is 5.92 Å². The van der Waals surface area contributed by atoms with Crippen molar-refractivity contribution in [3.8, 4) is 0 Å². The molecule has 3 atom stereocenters. The molecule has 0 amide bonds. The summed E-state index contributed by atoms with van der Waals surface area (Å²) in [5, 5.41) is 13.4. The molecule has 1 rings (SSSR count). The first-order chi connectivity index (χ1) is 9.61. The van der Waals surface area contributed by atoms with Crippen LogP contribution in [0.2, 0.25) is 0 Å². The first-order valence-electron chi connectivity index (χ1n) is 8.22. The predicted molar refractivity (Wildman–Crippen MR) is 82.0 cm³/mol. The molecule has 1 fully saturated rings. The Bertz CT molecular complexity index is 236. The summed E-state index contributed by atoms with van der Waals surface area (Å²) in [5.41, 5.74) is 0. The van der Waals surface area contributed by atoms with Gasteiger partial charge in [-0.1, -0.05) is 26.2 Å². The summed E-state index contributed by atoms with van der Waals surface area (Å²) < 4.78 is 10.8. The quantitative estimate of drug-likeness (QED) is 0.606. The van der Waals surface area contributed by atoms with Crippen molar-refractivity contribution in [3.63, 3.8) is 0 Å². The molecule has 3 unspecified atom stereocenters. The average molecular weight is 287 g/mol. The van der Waals surface area contributed by atoms with Crippen LogP contribution in [0.4, 0.5) is 0 Å². The van der Waals surface area contributed by atoms with Crippen LogP contribution in [0.1, 0.15) is 52.9 Å². The van der Waals surface area contributed by atoms with Crippen molar-refractivity contribution < 1.29 is 14.6 Å². The minimum Gasteiger partial charge on any atom is -0.389 e. The first kappa shape index (κ1) is 17.9. The van der Waals surface area contributed by atoms with Crippen molar-refractivity contribution in [3.05, 3.63) is 0 Å². The van der Waals surface area contributed by atoms with Gasteiger partial charge < -0.3 is 19.9 Å². The number of hydrogen-bond donors (Lipinski definition) is 2. The number of nitrogens with one attached hydrogen (secondary N) is 1. The summed E-state index contributed by atoms with van der Waals surface area (Å²) in [6.07, 6.45) is 6.28. The monoisotopic (exact) mass is 287 g/mol. The molecule has 120 valence electrons. The Balaban J connectivity index is 2.00. The fraction of sp³-hybridized carbons (Fsp3) is 1.00. The highest BCUT2D eigenvalue weighted by atomic mass is 16.5. The SMILES string of the molecule is CCC1CCCC(NCC(O)COCCOC(C)C)C1. The third-order valence-corrected chi connectivity index (χ3v) is 3.99. The molecular formula is C16H33NO3. The zero-order valence-corrected chi connectivity index (χ0v) is 13.4. The lowest BCUT2D eigenvalue weighted by Crippen LogP contribution is -2.40. The van der Waals surface area contributed by atoms with Gasteiger partial charge in [-0.05, 0) is 32.6 Å². The molecule has 1 aliphatic rings. The number of ether oxygens (including phenoxy) is 2. The van der Waals surface area contributed by atoms with Gasteiger partial charge in [-0.25, -0.2) is 0 Å². The summed E-state index contributed by atoms with van der Waals surface area (Å²) in [6.45, 7) is 8.45. The molecule has 4 heteroatoms. The summed E-state index contributed by atoms with van der Waals surface area (Å²) in [7, 11) is 0. The smallest absolute Gasteiger partial charge is 0.0897 e. The third kappa shape index (κ3) is 8.20. The van der Waals surface area contributed by atoms with Crippen molar-refractivity contribution in [1.29, 1.82) is 0 Å². The van der Waals surface area contributed by atoms with Gasteiger partial charge in [-0.3, -0.25) is 0 Å². The Morgan fingerprint density at radius 3 is 2.75 bits per heavy atom. The lowest BCUT2D eigenvalue weighted by molar-refractivity contribution is -0.0108. The van der Waals surface area contributed by atoms with E-state index in [-0.39, 0.29) is 6.10 Å². The highest BCUT2D eigenvalue weighted by Gasteiger charge is 2.20. The molecule has 1 saturated carbocycles. The summed E-state index contributed by atoms with van der Waals surface area (Å²) in [4.78, 5) is 0. The normalized spacial score (nSPS) is 25.1. The minimum atomic E-state index is -0.420. The van der Waals surface area contributed by atoms with Crippen molar-refractivity contribution in [2.75, 3.05) is 26.4 Å². The molecule has 0 aromatic rings. The van der Waals surface area contributed by atoms with Crippen molar-refractivity contribution in [2.45, 2.75) is 71.1 Å². The van der Waals surface area contributed by atoms with Crippen LogP contribution in [-0.2, 0) is 9.47 Å². The van der Waals surface area contributed by atoms with Crippen molar-refractivity contribution in [2.24, 2.45) is 5.92 Å². The molecule has 4 nitrogen and oxygen atoms in total. The van der Waals surface area contributed by atoms with Gasteiger partial charge in [-0.15, -0.1) is 0 Å². The van der Waals surface area contributed by atoms with E-state index in [0.29, 0.717) is 32.4 Å². The highest BCUT2D eigenvalue weighted by molar-refractivity contribution is 4.78. The molecule has 0 aromatic carbocycles. The number of aliphatic hydroxyl groups is 1. The Kier molecular flexibility index (Phi) is 9.44. The van der Waals surface area contributed by atoms with Crippen LogP contribution in [0.15, 0.2) is 0 Å². The predicted octanol–water partition coefficient (Wildman–Crippen LogP) is 2.35. The zero-order chi connectivity index (χ0) is 14.8. The van der Waals surface area contributed by atoms with E-state index in [4.69, 9.17) is 9.47 Å². The molecule has 2 N–H and O–H groups in total. The van der Waals surface area contributed by atoms with Gasteiger partial charge in [0.25, 0.3) is 0 Å². The van der Waals surface area contributed by atoms with Gasteiger partial charge in [0.05, 0.1) is 32.0 Å². The van der Waals surface area contributed by atoms with E-state index in [2.05, 4.69) is 12.2 Å². The Morgan fingerprint density at radius 1 is 1.25 bits per heavy atom. The molecule has 0 heterocycles. The lowest BCUT2D eigenvalue weighted by Gasteiger charge is -2.29. The van der Waals surface area contributed by atoms with Crippen LogP contribution in [0.25, 0.3) is 0 Å². The van der Waals surface area contributed by atoms with E-state index in [1.165, 1.54) is 32.1 Å². The van der Waals surface area contributed by atoms with Crippen LogP contribution in [-0.4, -0.2) is 49.7 Å². The van der Waals surface area contributed by atoms with Crippen LogP contribution >= 0.6 is 0 Å². The van der Waals surface area contributed by atoms with Crippen LogP contribution in [0.3, 0.4) is 0 Å². The van der Waals surface area contributed by atoms with Gasteiger partial charge in [0, 0.05) is 12.6 Å². The Labute approximate surface area is 124 Å². The van der Waals surface area contributed by atoms with Gasteiger partial charge >= 0.3 is 0 Å². The Morgan fingerprint density at radius 2 is 2.05 bits per heavy atom. The van der Waals surface area contributed by atoms with E-state index in [9.17, 15) is 5.11 Å². The van der Waals surface area contributed by atoms with Crippen LogP contribution in [0.5, 0.6) is 0 Å². The van der Waals surface area contributed by atoms with Crippen LogP contribution < -0.4 is 5.32 Å². The average Bonchev–Trinajstić information content (AvgIpc) is 2.44. The van der Waals surface area contributed by atoms with E-state index >= 15 is 0 Å². The molecule has 0 saturated heterocycles. The Hall–Kier alpha value is -0.160. The summed E-state index contributed by atoms with van der Waals surface area (Å²) in [6, 6.07) is 0.577. The first-order valence-corrected chi connectivity index (χ1v) is 8.22. The van der Waals surface area contributed by atoms with Crippen LogP contribution in [0, 0.1) is 5.92 Å². The zero-order valence-electron chi connectivity index (χ0n) is 13.4. The van der Waals surface area contributed by atoms with Gasteiger partial charge in [-0.2, -0.15) is 0 Å². The lowest BCUT2D eigenvalue weighted by atomic mass is 9.84. The minimum absolute atomic E-state index is 0.239. The maximum atomic E-state index is 9.88. The standard InChI is InChI=1S/C16H33NO3/c1-4-14-6-5-7-15(10-14)17-11-16(18)12-19-8-9-20-13(2)3/h13-18H,4-12H2,1-3H3. The third-order valence-electron chi connectivity index (χ3n) is 3.99. The fourth-order valence-electron chi connectivity index (χ4n) is 2.77. The maximum Gasteiger partial charge on any atom is 0.0897 e. The molecular weight excluding hydrogens is 254 g/mol. The second-order valence-electron chi connectivity index (χ2n) is 6.19. The summed E-state index contributed by atoms with van der Waals surface area (Å²) >= 11 is 0. The van der Waals surface area contributed by atoms with E-state index in [1.54, 1.807) is 0 Å². The second-order valence-corrected chi connectivity index (χ2v) is 6.19. The molecule has 0 bridgehead atoms. The van der Waals surface area contributed by atoms with Gasteiger partial charge in [0.1, 0.15) is 0 Å². The highest BCUT2D eigenvalue weighted by Crippen LogP contribution is 2.26.